The molecule has 128 valence electrons. The third-order valence-electron chi connectivity index (χ3n) is 4.17. The minimum atomic E-state index is -0.449. The van der Waals surface area contributed by atoms with Gasteiger partial charge in [0.1, 0.15) is 11.5 Å². The van der Waals surface area contributed by atoms with E-state index < -0.39 is 10.7 Å². The molecule has 7 nitrogen and oxygen atoms in total. The minimum absolute atomic E-state index is 0.000719. The highest BCUT2D eigenvalue weighted by Gasteiger charge is 2.29. The highest BCUT2D eigenvalue weighted by Crippen LogP contribution is 2.31. The lowest BCUT2D eigenvalue weighted by Gasteiger charge is -2.19. The second-order valence-electron chi connectivity index (χ2n) is 5.84. The first-order valence-corrected chi connectivity index (χ1v) is 7.89. The number of hydrogen-bond acceptors (Lipinski definition) is 5. The van der Waals surface area contributed by atoms with Gasteiger partial charge in [0, 0.05) is 31.9 Å². The number of anilines is 2. The first kappa shape index (κ1) is 16.5. The zero-order valence-electron chi connectivity index (χ0n) is 13.3. The number of nitrogens with one attached hydrogen (secondary N) is 1. The van der Waals surface area contributed by atoms with Gasteiger partial charge in [0.2, 0.25) is 5.82 Å². The van der Waals surface area contributed by atoms with E-state index >= 15 is 0 Å². The normalized spacial score (nSPS) is 17.3. The predicted octanol–water partition coefficient (Wildman–Crippen LogP) is 3.12. The summed E-state index contributed by atoms with van der Waals surface area (Å²) in [6.07, 6.45) is 0.802. The maximum atomic E-state index is 13.3. The Morgan fingerprint density at radius 1 is 1.50 bits per heavy atom. The van der Waals surface area contributed by atoms with Gasteiger partial charge >= 0.3 is 5.69 Å². The van der Waals surface area contributed by atoms with Crippen molar-refractivity contribution in [3.05, 3.63) is 44.8 Å². The van der Waals surface area contributed by atoms with Gasteiger partial charge in [0.25, 0.3) is 0 Å². The van der Waals surface area contributed by atoms with Crippen molar-refractivity contribution in [1.29, 1.82) is 0 Å². The fraction of sp³-hybridized carbons (Fsp3) is 0.400. The van der Waals surface area contributed by atoms with Gasteiger partial charge < -0.3 is 10.2 Å². The second kappa shape index (κ2) is 6.27. The molecular weight excluding hydrogens is 337 g/mol. The molecular formula is C15H17ClFN5O2. The van der Waals surface area contributed by atoms with Gasteiger partial charge in [-0.05, 0) is 31.5 Å². The quantitative estimate of drug-likeness (QED) is 0.675. The average Bonchev–Trinajstić information content (AvgIpc) is 3.07. The Morgan fingerprint density at radius 3 is 2.92 bits per heavy atom. The topological polar surface area (TPSA) is 76.2 Å². The monoisotopic (exact) mass is 353 g/mol. The molecule has 1 unspecified atom stereocenters. The van der Waals surface area contributed by atoms with E-state index in [1.807, 2.05) is 0 Å². The van der Waals surface area contributed by atoms with Gasteiger partial charge in [-0.2, -0.15) is 5.10 Å². The lowest BCUT2D eigenvalue weighted by atomic mass is 10.2. The molecule has 0 saturated carbocycles. The van der Waals surface area contributed by atoms with Crippen LogP contribution in [0.25, 0.3) is 0 Å². The fourth-order valence-corrected chi connectivity index (χ4v) is 3.19. The summed E-state index contributed by atoms with van der Waals surface area (Å²) in [6, 6.07) is 4.64. The molecule has 0 bridgehead atoms. The molecule has 0 radical (unpaired) electrons. The van der Waals surface area contributed by atoms with Crippen molar-refractivity contribution in [2.45, 2.75) is 19.4 Å². The van der Waals surface area contributed by atoms with Crippen molar-refractivity contribution in [2.75, 3.05) is 23.3 Å². The van der Waals surface area contributed by atoms with Crippen molar-refractivity contribution < 1.29 is 9.31 Å². The minimum Gasteiger partial charge on any atom is -0.369 e. The number of halogens is 2. The standard InChI is InChI=1S/C15H17ClFN5O2/c1-9-14(22(23)24)15(20(2)19-9)18-10-5-6-21(8-10)11-3-4-13(17)12(16)7-11/h3-4,7,10,18H,5-6,8H2,1-2H3. The van der Waals surface area contributed by atoms with Gasteiger partial charge in [0.05, 0.1) is 9.95 Å². The molecule has 0 spiro atoms. The zero-order valence-corrected chi connectivity index (χ0v) is 14.0. The maximum absolute atomic E-state index is 13.3. The van der Waals surface area contributed by atoms with Gasteiger partial charge in [-0.25, -0.2) is 9.07 Å². The lowest BCUT2D eigenvalue weighted by Crippen LogP contribution is -2.27. The largest absolute Gasteiger partial charge is 0.369 e. The van der Waals surface area contributed by atoms with E-state index in [9.17, 15) is 14.5 Å². The van der Waals surface area contributed by atoms with Gasteiger partial charge in [0.15, 0.2) is 0 Å². The Labute approximate surface area is 143 Å². The second-order valence-corrected chi connectivity index (χ2v) is 6.24. The molecule has 0 aliphatic carbocycles. The van der Waals surface area contributed by atoms with Crippen LogP contribution in [0, 0.1) is 22.9 Å². The van der Waals surface area contributed by atoms with E-state index in [0.717, 1.165) is 18.7 Å². The van der Waals surface area contributed by atoms with Crippen molar-refractivity contribution in [1.82, 2.24) is 9.78 Å². The highest BCUT2D eigenvalue weighted by molar-refractivity contribution is 6.31. The van der Waals surface area contributed by atoms with Crippen LogP contribution in [-0.2, 0) is 7.05 Å². The number of aryl methyl sites for hydroxylation is 2. The van der Waals surface area contributed by atoms with Gasteiger partial charge in [-0.3, -0.25) is 10.1 Å². The van der Waals surface area contributed by atoms with Crippen LogP contribution in [0.1, 0.15) is 12.1 Å². The molecule has 2 aromatic rings. The Kier molecular flexibility index (Phi) is 4.31. The van der Waals surface area contributed by atoms with E-state index in [4.69, 9.17) is 11.6 Å². The molecule has 1 aromatic heterocycles. The van der Waals surface area contributed by atoms with Crippen LogP contribution in [-0.4, -0.2) is 33.8 Å². The van der Waals surface area contributed by atoms with Crippen LogP contribution in [0.15, 0.2) is 18.2 Å². The highest BCUT2D eigenvalue weighted by atomic mass is 35.5. The van der Waals surface area contributed by atoms with Gasteiger partial charge in [-0.15, -0.1) is 0 Å². The van der Waals surface area contributed by atoms with Crippen molar-refractivity contribution in [2.24, 2.45) is 7.05 Å². The first-order chi connectivity index (χ1) is 11.4. The fourth-order valence-electron chi connectivity index (χ4n) is 3.02. The number of benzene rings is 1. The molecule has 24 heavy (non-hydrogen) atoms. The molecule has 1 N–H and O–H groups in total. The van der Waals surface area contributed by atoms with Gasteiger partial charge in [-0.1, -0.05) is 11.6 Å². The van der Waals surface area contributed by atoms with Crippen LogP contribution < -0.4 is 10.2 Å². The molecule has 1 saturated heterocycles. The van der Waals surface area contributed by atoms with E-state index in [2.05, 4.69) is 15.3 Å². The molecule has 1 aromatic carbocycles. The molecule has 0 amide bonds. The summed E-state index contributed by atoms with van der Waals surface area (Å²) in [7, 11) is 1.68. The summed E-state index contributed by atoms with van der Waals surface area (Å²) < 4.78 is 14.8. The summed E-state index contributed by atoms with van der Waals surface area (Å²) in [5.41, 5.74) is 1.22. The molecule has 3 rings (SSSR count). The SMILES string of the molecule is Cc1nn(C)c(NC2CCN(c3ccc(F)c(Cl)c3)C2)c1[N+](=O)[O-]. The number of nitrogens with zero attached hydrogens (tertiary/aromatic N) is 4. The van der Waals surface area contributed by atoms with E-state index in [1.165, 1.54) is 10.7 Å². The van der Waals surface area contributed by atoms with Crippen molar-refractivity contribution >= 4 is 28.8 Å². The molecule has 1 atom stereocenters. The van der Waals surface area contributed by atoms with Crippen molar-refractivity contribution in [3.63, 3.8) is 0 Å². The Balaban J connectivity index is 1.75. The van der Waals surface area contributed by atoms with Crippen LogP contribution in [0.2, 0.25) is 5.02 Å². The Morgan fingerprint density at radius 2 is 2.25 bits per heavy atom. The molecule has 1 fully saturated rings. The molecule has 2 heterocycles. The third-order valence-corrected chi connectivity index (χ3v) is 4.46. The van der Waals surface area contributed by atoms with Crippen LogP contribution >= 0.6 is 11.6 Å². The number of rotatable bonds is 4. The van der Waals surface area contributed by atoms with E-state index in [-0.39, 0.29) is 16.8 Å². The molecule has 1 aliphatic heterocycles. The summed E-state index contributed by atoms with van der Waals surface area (Å²) in [5.74, 6) is -0.0447. The summed E-state index contributed by atoms with van der Waals surface area (Å²) in [5, 5.41) is 18.6. The number of nitro groups is 1. The van der Waals surface area contributed by atoms with Crippen LogP contribution in [0.5, 0.6) is 0 Å². The molecule has 9 heteroatoms. The predicted molar refractivity (Wildman–Crippen MR) is 90.3 cm³/mol. The average molecular weight is 354 g/mol. The Bertz CT molecular complexity index is 794. The van der Waals surface area contributed by atoms with Crippen LogP contribution in [0.4, 0.5) is 21.6 Å². The maximum Gasteiger partial charge on any atom is 0.333 e. The molecule has 1 aliphatic rings. The van der Waals surface area contributed by atoms with E-state index in [1.54, 1.807) is 26.1 Å². The third kappa shape index (κ3) is 3.01. The van der Waals surface area contributed by atoms with E-state index in [0.29, 0.717) is 18.1 Å². The summed E-state index contributed by atoms with van der Waals surface area (Å²) in [4.78, 5) is 12.9. The summed E-state index contributed by atoms with van der Waals surface area (Å²) >= 11 is 5.83. The lowest BCUT2D eigenvalue weighted by molar-refractivity contribution is -0.384. The smallest absolute Gasteiger partial charge is 0.333 e. The number of aromatic nitrogens is 2. The first-order valence-electron chi connectivity index (χ1n) is 7.51. The summed E-state index contributed by atoms with van der Waals surface area (Å²) in [6.45, 7) is 3.01. The van der Waals surface area contributed by atoms with Crippen LogP contribution in [0.3, 0.4) is 0 Å². The zero-order chi connectivity index (χ0) is 17.4. The number of hydrogen-bond donors (Lipinski definition) is 1. The van der Waals surface area contributed by atoms with Crippen molar-refractivity contribution in [3.8, 4) is 0 Å². The Hall–Kier alpha value is -2.35.